The van der Waals surface area contributed by atoms with Gasteiger partial charge in [0.05, 0.1) is 4.90 Å². The van der Waals surface area contributed by atoms with Gasteiger partial charge in [0.2, 0.25) is 10.0 Å². The summed E-state index contributed by atoms with van der Waals surface area (Å²) in [6.45, 7) is 3.22. The maximum atomic E-state index is 11.2. The predicted molar refractivity (Wildman–Crippen MR) is 85.6 cm³/mol. The van der Waals surface area contributed by atoms with Crippen LogP contribution in [0.15, 0.2) is 29.2 Å². The lowest BCUT2D eigenvalue weighted by molar-refractivity contribution is 0.280. The summed E-state index contributed by atoms with van der Waals surface area (Å²) in [5, 5.41) is 8.73. The Balaban J connectivity index is 1.78. The van der Waals surface area contributed by atoms with Gasteiger partial charge in [0.1, 0.15) is 0 Å². The summed E-state index contributed by atoms with van der Waals surface area (Å²) in [5.41, 5.74) is 1.14. The SMILES string of the molecule is CCC1CCCC(NCCc2ccc(S(N)(=O)=O)cc2)C1. The maximum Gasteiger partial charge on any atom is 0.238 e. The number of nitrogens with two attached hydrogens (primary N) is 1. The van der Waals surface area contributed by atoms with Gasteiger partial charge in [-0.2, -0.15) is 0 Å². The van der Waals surface area contributed by atoms with E-state index in [-0.39, 0.29) is 4.90 Å². The highest BCUT2D eigenvalue weighted by atomic mass is 32.2. The molecule has 5 heteroatoms. The van der Waals surface area contributed by atoms with Crippen LogP contribution in [0.5, 0.6) is 0 Å². The van der Waals surface area contributed by atoms with E-state index in [9.17, 15) is 8.42 Å². The second-order valence-electron chi connectivity index (χ2n) is 6.03. The molecule has 0 heterocycles. The number of rotatable bonds is 6. The number of primary sulfonamides is 1. The molecule has 1 fully saturated rings. The molecule has 2 atom stereocenters. The van der Waals surface area contributed by atoms with Crippen LogP contribution in [0.3, 0.4) is 0 Å². The van der Waals surface area contributed by atoms with Crippen LogP contribution in [0.1, 0.15) is 44.6 Å². The topological polar surface area (TPSA) is 72.2 Å². The summed E-state index contributed by atoms with van der Waals surface area (Å²) in [6, 6.07) is 7.50. The van der Waals surface area contributed by atoms with Crippen LogP contribution < -0.4 is 10.5 Å². The number of hydrogen-bond acceptors (Lipinski definition) is 3. The molecule has 0 spiro atoms. The summed E-state index contributed by atoms with van der Waals surface area (Å²) in [6.07, 6.45) is 7.48. The molecule has 1 aliphatic carbocycles. The molecule has 1 saturated carbocycles. The Morgan fingerprint density at radius 2 is 1.95 bits per heavy atom. The fourth-order valence-electron chi connectivity index (χ4n) is 3.11. The van der Waals surface area contributed by atoms with Crippen LogP contribution in [0.2, 0.25) is 0 Å². The Labute approximate surface area is 128 Å². The summed E-state index contributed by atoms with van der Waals surface area (Å²) >= 11 is 0. The van der Waals surface area contributed by atoms with Gasteiger partial charge in [0.15, 0.2) is 0 Å². The average Bonchev–Trinajstić information content (AvgIpc) is 2.47. The summed E-state index contributed by atoms with van der Waals surface area (Å²) in [4.78, 5) is 0.178. The van der Waals surface area contributed by atoms with E-state index >= 15 is 0 Å². The van der Waals surface area contributed by atoms with Gasteiger partial charge in [0, 0.05) is 6.04 Å². The first kappa shape index (κ1) is 16.5. The van der Waals surface area contributed by atoms with E-state index in [2.05, 4.69) is 12.2 Å². The van der Waals surface area contributed by atoms with Crippen molar-refractivity contribution in [3.63, 3.8) is 0 Å². The van der Waals surface area contributed by atoms with Crippen molar-refractivity contribution in [3.05, 3.63) is 29.8 Å². The number of nitrogens with one attached hydrogen (secondary N) is 1. The predicted octanol–water partition coefficient (Wildman–Crippen LogP) is 2.43. The van der Waals surface area contributed by atoms with E-state index in [0.29, 0.717) is 6.04 Å². The monoisotopic (exact) mass is 310 g/mol. The first-order chi connectivity index (χ1) is 9.99. The molecule has 1 aliphatic rings. The minimum absolute atomic E-state index is 0.178. The molecule has 1 aromatic rings. The van der Waals surface area contributed by atoms with E-state index < -0.39 is 10.0 Å². The highest BCUT2D eigenvalue weighted by Crippen LogP contribution is 2.26. The first-order valence-corrected chi connectivity index (χ1v) is 9.38. The van der Waals surface area contributed by atoms with Crippen molar-refractivity contribution >= 4 is 10.0 Å². The van der Waals surface area contributed by atoms with Crippen molar-refractivity contribution in [2.45, 2.75) is 56.4 Å². The number of sulfonamides is 1. The second-order valence-corrected chi connectivity index (χ2v) is 7.59. The van der Waals surface area contributed by atoms with Crippen molar-refractivity contribution in [3.8, 4) is 0 Å². The summed E-state index contributed by atoms with van der Waals surface area (Å²) in [5.74, 6) is 0.880. The normalized spacial score (nSPS) is 23.1. The third kappa shape index (κ3) is 5.09. The Bertz CT molecular complexity index is 540. The van der Waals surface area contributed by atoms with Gasteiger partial charge < -0.3 is 5.32 Å². The van der Waals surface area contributed by atoms with Crippen LogP contribution in [-0.2, 0) is 16.4 Å². The van der Waals surface area contributed by atoms with Crippen molar-refractivity contribution in [2.75, 3.05) is 6.54 Å². The van der Waals surface area contributed by atoms with Crippen molar-refractivity contribution in [1.29, 1.82) is 0 Å². The van der Waals surface area contributed by atoms with Crippen molar-refractivity contribution in [1.82, 2.24) is 5.32 Å². The Hall–Kier alpha value is -0.910. The molecular formula is C16H26N2O2S. The zero-order chi connectivity index (χ0) is 15.3. The largest absolute Gasteiger partial charge is 0.314 e. The molecule has 0 aliphatic heterocycles. The molecule has 2 rings (SSSR count). The van der Waals surface area contributed by atoms with Gasteiger partial charge >= 0.3 is 0 Å². The van der Waals surface area contributed by atoms with Crippen LogP contribution in [0.25, 0.3) is 0 Å². The minimum Gasteiger partial charge on any atom is -0.314 e. The molecular weight excluding hydrogens is 284 g/mol. The van der Waals surface area contributed by atoms with Gasteiger partial charge in [0.25, 0.3) is 0 Å². The lowest BCUT2D eigenvalue weighted by atomic mass is 9.84. The van der Waals surface area contributed by atoms with Crippen LogP contribution in [0, 0.1) is 5.92 Å². The van der Waals surface area contributed by atoms with Crippen molar-refractivity contribution in [2.24, 2.45) is 11.1 Å². The molecule has 2 unspecified atom stereocenters. The standard InChI is InChI=1S/C16H26N2O2S/c1-2-13-4-3-5-15(12-13)18-11-10-14-6-8-16(9-7-14)21(17,19)20/h6-9,13,15,18H,2-5,10-12H2,1H3,(H2,17,19,20). The molecule has 0 amide bonds. The van der Waals surface area contributed by atoms with Crippen LogP contribution in [0.4, 0.5) is 0 Å². The number of hydrogen-bond donors (Lipinski definition) is 2. The van der Waals surface area contributed by atoms with E-state index in [1.54, 1.807) is 12.1 Å². The lowest BCUT2D eigenvalue weighted by Gasteiger charge is -2.29. The van der Waals surface area contributed by atoms with Crippen LogP contribution >= 0.6 is 0 Å². The molecule has 1 aromatic carbocycles. The first-order valence-electron chi connectivity index (χ1n) is 7.84. The Morgan fingerprint density at radius 3 is 2.57 bits per heavy atom. The molecule has 3 N–H and O–H groups in total. The number of benzene rings is 1. The summed E-state index contributed by atoms with van der Waals surface area (Å²) in [7, 11) is -3.58. The highest BCUT2D eigenvalue weighted by Gasteiger charge is 2.19. The van der Waals surface area contributed by atoms with E-state index in [4.69, 9.17) is 5.14 Å². The van der Waals surface area contributed by atoms with Gasteiger partial charge in [-0.25, -0.2) is 13.6 Å². The fourth-order valence-corrected chi connectivity index (χ4v) is 3.63. The quantitative estimate of drug-likeness (QED) is 0.847. The minimum atomic E-state index is -3.58. The molecule has 0 aromatic heterocycles. The maximum absolute atomic E-state index is 11.2. The van der Waals surface area contributed by atoms with Gasteiger partial charge in [-0.15, -0.1) is 0 Å². The third-order valence-corrected chi connectivity index (χ3v) is 5.39. The van der Waals surface area contributed by atoms with E-state index in [1.807, 2.05) is 12.1 Å². The zero-order valence-corrected chi connectivity index (χ0v) is 13.5. The van der Waals surface area contributed by atoms with Crippen LogP contribution in [-0.4, -0.2) is 21.0 Å². The van der Waals surface area contributed by atoms with E-state index in [1.165, 1.54) is 32.1 Å². The summed E-state index contributed by atoms with van der Waals surface area (Å²) < 4.78 is 22.4. The zero-order valence-electron chi connectivity index (χ0n) is 12.7. The fraction of sp³-hybridized carbons (Fsp3) is 0.625. The van der Waals surface area contributed by atoms with Gasteiger partial charge in [-0.05, 0) is 49.4 Å². The molecule has 118 valence electrons. The Morgan fingerprint density at radius 1 is 1.24 bits per heavy atom. The lowest BCUT2D eigenvalue weighted by Crippen LogP contribution is -2.35. The molecule has 0 saturated heterocycles. The molecule has 0 bridgehead atoms. The Kier molecular flexibility index (Phi) is 5.79. The van der Waals surface area contributed by atoms with Crippen molar-refractivity contribution < 1.29 is 8.42 Å². The highest BCUT2D eigenvalue weighted by molar-refractivity contribution is 7.89. The molecule has 21 heavy (non-hydrogen) atoms. The smallest absolute Gasteiger partial charge is 0.238 e. The average molecular weight is 310 g/mol. The third-order valence-electron chi connectivity index (χ3n) is 4.46. The second kappa shape index (κ2) is 7.38. The van der Waals surface area contributed by atoms with Gasteiger partial charge in [-0.1, -0.05) is 38.3 Å². The molecule has 0 radical (unpaired) electrons. The van der Waals surface area contributed by atoms with E-state index in [0.717, 1.165) is 24.4 Å². The molecule has 4 nitrogen and oxygen atoms in total. The van der Waals surface area contributed by atoms with Gasteiger partial charge in [-0.3, -0.25) is 0 Å².